The largest absolute Gasteiger partial charge is 0.397 e. The summed E-state index contributed by atoms with van der Waals surface area (Å²) >= 11 is 0. The maximum atomic E-state index is 13.1. The molecule has 2 amide bonds. The van der Waals surface area contributed by atoms with E-state index in [2.05, 4.69) is 15.6 Å². The Kier molecular flexibility index (Phi) is 5.41. The highest BCUT2D eigenvalue weighted by Gasteiger charge is 2.11. The predicted molar refractivity (Wildman–Crippen MR) is 102 cm³/mol. The summed E-state index contributed by atoms with van der Waals surface area (Å²) in [5, 5.41) is 5.29. The zero-order chi connectivity index (χ0) is 19.2. The molecule has 136 valence electrons. The van der Waals surface area contributed by atoms with Crippen molar-refractivity contribution in [2.45, 2.75) is 6.42 Å². The van der Waals surface area contributed by atoms with Gasteiger partial charge in [-0.2, -0.15) is 0 Å². The molecule has 0 saturated carbocycles. The van der Waals surface area contributed by atoms with Gasteiger partial charge in [0.05, 0.1) is 29.7 Å². The summed E-state index contributed by atoms with van der Waals surface area (Å²) in [6.07, 6.45) is 1.64. The van der Waals surface area contributed by atoms with Crippen molar-refractivity contribution in [3.63, 3.8) is 0 Å². The van der Waals surface area contributed by atoms with Crippen LogP contribution in [0.25, 0.3) is 0 Å². The predicted octanol–water partition coefficient (Wildman–Crippen LogP) is 3.24. The van der Waals surface area contributed by atoms with Gasteiger partial charge in [-0.1, -0.05) is 30.3 Å². The number of benzene rings is 2. The van der Waals surface area contributed by atoms with Crippen LogP contribution in [0.3, 0.4) is 0 Å². The summed E-state index contributed by atoms with van der Waals surface area (Å²) < 4.78 is 13.1. The van der Waals surface area contributed by atoms with Crippen molar-refractivity contribution in [3.8, 4) is 0 Å². The summed E-state index contributed by atoms with van der Waals surface area (Å²) in [5.74, 6) is -1.16. The summed E-state index contributed by atoms with van der Waals surface area (Å²) in [6, 6.07) is 16.1. The fourth-order valence-corrected chi connectivity index (χ4v) is 2.42. The van der Waals surface area contributed by atoms with Crippen molar-refractivity contribution < 1.29 is 14.0 Å². The van der Waals surface area contributed by atoms with Crippen molar-refractivity contribution in [2.75, 3.05) is 16.4 Å². The molecule has 1 aromatic heterocycles. The molecule has 2 aromatic carbocycles. The first-order valence-electron chi connectivity index (χ1n) is 8.17. The maximum absolute atomic E-state index is 13.1. The summed E-state index contributed by atoms with van der Waals surface area (Å²) in [4.78, 5) is 28.3. The Hall–Kier alpha value is -3.74. The topological polar surface area (TPSA) is 97.1 Å². The zero-order valence-corrected chi connectivity index (χ0v) is 14.3. The van der Waals surface area contributed by atoms with Crippen molar-refractivity contribution in [3.05, 3.63) is 83.9 Å². The Morgan fingerprint density at radius 3 is 2.44 bits per heavy atom. The Morgan fingerprint density at radius 2 is 1.78 bits per heavy atom. The molecule has 0 spiro atoms. The van der Waals surface area contributed by atoms with Crippen LogP contribution in [-0.2, 0) is 11.2 Å². The highest BCUT2D eigenvalue weighted by molar-refractivity contribution is 6.04. The van der Waals surface area contributed by atoms with Gasteiger partial charge in [0.15, 0.2) is 0 Å². The Bertz CT molecular complexity index is 959. The van der Waals surface area contributed by atoms with E-state index in [1.807, 2.05) is 30.3 Å². The highest BCUT2D eigenvalue weighted by atomic mass is 19.1. The maximum Gasteiger partial charge on any atom is 0.274 e. The Balaban J connectivity index is 1.61. The number of rotatable bonds is 5. The van der Waals surface area contributed by atoms with Gasteiger partial charge in [0.25, 0.3) is 5.91 Å². The molecule has 0 saturated heterocycles. The van der Waals surface area contributed by atoms with E-state index >= 15 is 0 Å². The van der Waals surface area contributed by atoms with Gasteiger partial charge >= 0.3 is 0 Å². The summed E-state index contributed by atoms with van der Waals surface area (Å²) in [6.45, 7) is 0. The average Bonchev–Trinajstić information content (AvgIpc) is 2.65. The molecule has 0 bridgehead atoms. The van der Waals surface area contributed by atoms with Crippen LogP contribution in [-0.4, -0.2) is 16.8 Å². The number of pyridine rings is 1. The second kappa shape index (κ2) is 8.09. The third-order valence-corrected chi connectivity index (χ3v) is 3.75. The van der Waals surface area contributed by atoms with Crippen LogP contribution in [0, 0.1) is 5.82 Å². The second-order valence-corrected chi connectivity index (χ2v) is 5.83. The van der Waals surface area contributed by atoms with Crippen molar-refractivity contribution in [1.29, 1.82) is 0 Å². The van der Waals surface area contributed by atoms with E-state index < -0.39 is 11.7 Å². The van der Waals surface area contributed by atoms with Crippen molar-refractivity contribution in [1.82, 2.24) is 4.98 Å². The number of carbonyl (C=O) groups excluding carboxylic acids is 2. The number of aromatic nitrogens is 1. The number of nitrogens with two attached hydrogens (primary N) is 1. The standard InChI is InChI=1S/C20H17FN4O2/c21-14-6-8-17(16(22)11-14)25-20(27)18-9-7-15(12-23-18)24-19(26)10-13-4-2-1-3-5-13/h1-9,11-12H,10,22H2,(H,24,26)(H,25,27). The Labute approximate surface area is 155 Å². The van der Waals surface area contributed by atoms with Crippen LogP contribution >= 0.6 is 0 Å². The molecule has 3 aromatic rings. The van der Waals surface area contributed by atoms with Gasteiger partial charge in [-0.25, -0.2) is 9.37 Å². The molecular weight excluding hydrogens is 347 g/mol. The number of nitrogen functional groups attached to an aromatic ring is 1. The molecule has 27 heavy (non-hydrogen) atoms. The molecule has 0 aliphatic rings. The molecule has 0 radical (unpaired) electrons. The number of hydrogen-bond acceptors (Lipinski definition) is 4. The van der Waals surface area contributed by atoms with Crippen LogP contribution in [0.15, 0.2) is 66.9 Å². The number of hydrogen-bond donors (Lipinski definition) is 3. The number of nitrogens with zero attached hydrogens (tertiary/aromatic N) is 1. The SMILES string of the molecule is Nc1cc(F)ccc1NC(=O)c1ccc(NC(=O)Cc2ccccc2)cn1. The first kappa shape index (κ1) is 18.1. The fraction of sp³-hybridized carbons (Fsp3) is 0.0500. The van der Waals surface area contributed by atoms with Crippen molar-refractivity contribution >= 4 is 28.9 Å². The monoisotopic (exact) mass is 364 g/mol. The van der Waals surface area contributed by atoms with Gasteiger partial charge in [-0.15, -0.1) is 0 Å². The molecule has 0 aliphatic heterocycles. The first-order chi connectivity index (χ1) is 13.0. The number of carbonyl (C=O) groups is 2. The lowest BCUT2D eigenvalue weighted by molar-refractivity contribution is -0.115. The van der Waals surface area contributed by atoms with Crippen LogP contribution in [0.1, 0.15) is 16.1 Å². The molecule has 7 heteroatoms. The lowest BCUT2D eigenvalue weighted by atomic mass is 10.1. The second-order valence-electron chi connectivity index (χ2n) is 5.83. The first-order valence-corrected chi connectivity index (χ1v) is 8.17. The minimum atomic E-state index is -0.490. The van der Waals surface area contributed by atoms with E-state index in [1.165, 1.54) is 24.4 Å². The quantitative estimate of drug-likeness (QED) is 0.606. The smallest absolute Gasteiger partial charge is 0.274 e. The van der Waals surface area contributed by atoms with E-state index in [-0.39, 0.29) is 23.7 Å². The molecule has 0 atom stereocenters. The number of nitrogens with one attached hydrogen (secondary N) is 2. The van der Waals surface area contributed by atoms with Gasteiger partial charge in [-0.05, 0) is 35.9 Å². The third-order valence-electron chi connectivity index (χ3n) is 3.75. The van der Waals surface area contributed by atoms with Gasteiger partial charge < -0.3 is 16.4 Å². The van der Waals surface area contributed by atoms with Gasteiger partial charge in [-0.3, -0.25) is 9.59 Å². The molecule has 0 unspecified atom stereocenters. The minimum absolute atomic E-state index is 0.119. The lowest BCUT2D eigenvalue weighted by Gasteiger charge is -2.09. The van der Waals surface area contributed by atoms with Crippen LogP contribution < -0.4 is 16.4 Å². The molecule has 0 aliphatic carbocycles. The van der Waals surface area contributed by atoms with Gasteiger partial charge in [0, 0.05) is 0 Å². The number of halogens is 1. The summed E-state index contributed by atoms with van der Waals surface area (Å²) in [5.41, 5.74) is 7.60. The molecule has 1 heterocycles. The van der Waals surface area contributed by atoms with Crippen LogP contribution in [0.4, 0.5) is 21.5 Å². The summed E-state index contributed by atoms with van der Waals surface area (Å²) in [7, 11) is 0. The molecule has 4 N–H and O–H groups in total. The lowest BCUT2D eigenvalue weighted by Crippen LogP contribution is -2.16. The normalized spacial score (nSPS) is 10.3. The highest BCUT2D eigenvalue weighted by Crippen LogP contribution is 2.20. The van der Waals surface area contributed by atoms with E-state index in [0.717, 1.165) is 11.6 Å². The molecule has 0 fully saturated rings. The fourth-order valence-electron chi connectivity index (χ4n) is 2.42. The minimum Gasteiger partial charge on any atom is -0.397 e. The molecule has 6 nitrogen and oxygen atoms in total. The third kappa shape index (κ3) is 4.88. The van der Waals surface area contributed by atoms with E-state index in [4.69, 9.17) is 5.73 Å². The molecule has 3 rings (SSSR count). The van der Waals surface area contributed by atoms with Crippen LogP contribution in [0.2, 0.25) is 0 Å². The van der Waals surface area contributed by atoms with Crippen LogP contribution in [0.5, 0.6) is 0 Å². The Morgan fingerprint density at radius 1 is 1.00 bits per heavy atom. The number of amides is 2. The van der Waals surface area contributed by atoms with Crippen molar-refractivity contribution in [2.24, 2.45) is 0 Å². The van der Waals surface area contributed by atoms with Gasteiger partial charge in [0.1, 0.15) is 11.5 Å². The molecular formula is C20H17FN4O2. The number of anilines is 3. The average molecular weight is 364 g/mol. The van der Waals surface area contributed by atoms with E-state index in [9.17, 15) is 14.0 Å². The van der Waals surface area contributed by atoms with E-state index in [1.54, 1.807) is 6.07 Å². The zero-order valence-electron chi connectivity index (χ0n) is 14.3. The van der Waals surface area contributed by atoms with Gasteiger partial charge in [0.2, 0.25) is 5.91 Å². The van der Waals surface area contributed by atoms with E-state index in [0.29, 0.717) is 11.4 Å².